The lowest BCUT2D eigenvalue weighted by Crippen LogP contribution is -2.47. The van der Waals surface area contributed by atoms with Gasteiger partial charge in [0.05, 0.1) is 11.2 Å². The van der Waals surface area contributed by atoms with Crippen LogP contribution in [0, 0.1) is 5.41 Å². The van der Waals surface area contributed by atoms with E-state index < -0.39 is 27.1 Å². The summed E-state index contributed by atoms with van der Waals surface area (Å²) in [5.41, 5.74) is -1.37. The number of ether oxygens (including phenoxy) is 1. The molecule has 1 unspecified atom stereocenters. The lowest BCUT2D eigenvalue weighted by Gasteiger charge is -2.33. The van der Waals surface area contributed by atoms with E-state index in [0.717, 1.165) is 0 Å². The maximum absolute atomic E-state index is 13.2. The highest BCUT2D eigenvalue weighted by molar-refractivity contribution is 7.89. The fraction of sp³-hybridized carbons (Fsp3) is 0.765. The third-order valence-electron chi connectivity index (χ3n) is 4.62. The van der Waals surface area contributed by atoms with Crippen LogP contribution in [0.25, 0.3) is 0 Å². The number of carbonyl (C=O) groups is 2. The third-order valence-corrected chi connectivity index (χ3v) is 5.98. The van der Waals surface area contributed by atoms with Crippen molar-refractivity contribution >= 4 is 22.0 Å². The molecule has 1 N–H and O–H groups in total. The molecule has 2 amide bonds. The molecule has 1 atom stereocenters. The van der Waals surface area contributed by atoms with E-state index in [1.54, 1.807) is 36.6 Å². The molecular weight excluding hydrogens is 358 g/mol. The molecule has 2 saturated heterocycles. The molecule has 0 aliphatic carbocycles. The first-order valence-corrected chi connectivity index (χ1v) is 10.5. The Kier molecular flexibility index (Phi) is 6.02. The van der Waals surface area contributed by atoms with Gasteiger partial charge in [0, 0.05) is 32.7 Å². The number of nitrogens with zero attached hydrogens (tertiary/aromatic N) is 2. The number of sulfonamides is 1. The van der Waals surface area contributed by atoms with Crippen molar-refractivity contribution in [3.63, 3.8) is 0 Å². The summed E-state index contributed by atoms with van der Waals surface area (Å²) >= 11 is 0. The first-order chi connectivity index (χ1) is 12.0. The summed E-state index contributed by atoms with van der Waals surface area (Å²) < 4.78 is 31.3. The monoisotopic (exact) mass is 387 g/mol. The molecule has 148 valence electrons. The minimum absolute atomic E-state index is 0.112. The van der Waals surface area contributed by atoms with E-state index in [-0.39, 0.29) is 31.3 Å². The molecule has 9 heteroatoms. The fourth-order valence-corrected chi connectivity index (χ4v) is 4.36. The second-order valence-corrected chi connectivity index (χ2v) is 9.86. The zero-order chi connectivity index (χ0) is 19.6. The topological polar surface area (TPSA) is 96.0 Å². The van der Waals surface area contributed by atoms with Crippen LogP contribution in [-0.4, -0.2) is 74.3 Å². The van der Waals surface area contributed by atoms with Crippen molar-refractivity contribution in [3.8, 4) is 0 Å². The minimum atomic E-state index is -3.33. The van der Waals surface area contributed by atoms with E-state index >= 15 is 0 Å². The van der Waals surface area contributed by atoms with Gasteiger partial charge >= 0.3 is 6.09 Å². The Labute approximate surface area is 155 Å². The fourth-order valence-electron chi connectivity index (χ4n) is 3.35. The third kappa shape index (κ3) is 4.97. The van der Waals surface area contributed by atoms with Crippen LogP contribution < -0.4 is 4.72 Å². The molecule has 8 nitrogen and oxygen atoms in total. The maximum atomic E-state index is 13.2. The van der Waals surface area contributed by atoms with Crippen molar-refractivity contribution in [1.29, 1.82) is 0 Å². The molecular formula is C17H29N3O5S. The Bertz CT molecular complexity index is 670. The first-order valence-electron chi connectivity index (χ1n) is 8.84. The summed E-state index contributed by atoms with van der Waals surface area (Å²) in [7, 11) is -3.33. The van der Waals surface area contributed by atoms with Gasteiger partial charge in [-0.3, -0.25) is 4.79 Å². The number of allylic oxidation sites excluding steroid dienone is 1. The Balaban J connectivity index is 2.13. The summed E-state index contributed by atoms with van der Waals surface area (Å²) in [5, 5.41) is 0. The predicted octanol–water partition coefficient (Wildman–Crippen LogP) is 0.951. The van der Waals surface area contributed by atoms with Gasteiger partial charge in [-0.15, -0.1) is 6.58 Å². The van der Waals surface area contributed by atoms with Crippen LogP contribution in [0.15, 0.2) is 12.7 Å². The molecule has 2 fully saturated rings. The van der Waals surface area contributed by atoms with Crippen LogP contribution in [0.1, 0.15) is 33.6 Å². The molecule has 0 aromatic rings. The smallest absolute Gasteiger partial charge is 0.410 e. The van der Waals surface area contributed by atoms with Gasteiger partial charge in [0.15, 0.2) is 0 Å². The number of nitrogens with one attached hydrogen (secondary N) is 1. The lowest BCUT2D eigenvalue weighted by atomic mass is 9.82. The molecule has 2 aliphatic heterocycles. The SMILES string of the molecule is C=CCC1(C(=O)N2CCNS(=O)(=O)CC2)CCN(C(=O)OC(C)(C)C)C1. The number of carbonyl (C=O) groups excluding carboxylic acids is 2. The van der Waals surface area contributed by atoms with E-state index in [1.165, 1.54) is 0 Å². The van der Waals surface area contributed by atoms with Crippen molar-refractivity contribution in [2.45, 2.75) is 39.2 Å². The van der Waals surface area contributed by atoms with Crippen LogP contribution in [0.5, 0.6) is 0 Å². The number of hydrogen-bond donors (Lipinski definition) is 1. The van der Waals surface area contributed by atoms with E-state index in [4.69, 9.17) is 4.74 Å². The average Bonchev–Trinajstić information content (AvgIpc) is 2.85. The zero-order valence-electron chi connectivity index (χ0n) is 15.8. The standard InChI is InChI=1S/C17H29N3O5S/c1-5-6-17(7-9-20(13-17)15(22)25-16(2,3)4)14(21)19-10-8-18-26(23,24)12-11-19/h5,18H,1,6-13H2,2-4H3. The quantitative estimate of drug-likeness (QED) is 0.728. The van der Waals surface area contributed by atoms with Crippen molar-refractivity contribution in [3.05, 3.63) is 12.7 Å². The summed E-state index contributed by atoms with van der Waals surface area (Å²) in [6, 6.07) is 0. The average molecular weight is 388 g/mol. The van der Waals surface area contributed by atoms with Gasteiger partial charge < -0.3 is 14.5 Å². The van der Waals surface area contributed by atoms with Gasteiger partial charge in [-0.1, -0.05) is 6.08 Å². The zero-order valence-corrected chi connectivity index (χ0v) is 16.6. The number of amides is 2. The van der Waals surface area contributed by atoms with Crippen LogP contribution in [-0.2, 0) is 19.6 Å². The molecule has 0 saturated carbocycles. The molecule has 0 bridgehead atoms. The normalized spacial score (nSPS) is 26.3. The summed E-state index contributed by atoms with van der Waals surface area (Å²) in [5.74, 6) is -0.235. The van der Waals surface area contributed by atoms with E-state index in [9.17, 15) is 18.0 Å². The van der Waals surface area contributed by atoms with Gasteiger partial charge in [0.1, 0.15) is 5.60 Å². The van der Waals surface area contributed by atoms with Gasteiger partial charge in [0.25, 0.3) is 0 Å². The van der Waals surface area contributed by atoms with Crippen molar-refractivity contribution < 1.29 is 22.7 Å². The Morgan fingerprint density at radius 2 is 1.92 bits per heavy atom. The summed E-state index contributed by atoms with van der Waals surface area (Å²) in [6.07, 6.45) is 2.19. The van der Waals surface area contributed by atoms with E-state index in [1.807, 2.05) is 0 Å². The minimum Gasteiger partial charge on any atom is -0.444 e. The second kappa shape index (κ2) is 7.56. The van der Waals surface area contributed by atoms with Gasteiger partial charge in [-0.2, -0.15) is 0 Å². The highest BCUT2D eigenvalue weighted by Crippen LogP contribution is 2.37. The summed E-state index contributed by atoms with van der Waals surface area (Å²) in [6.45, 7) is 10.5. The van der Waals surface area contributed by atoms with Crippen molar-refractivity contribution in [2.75, 3.05) is 38.5 Å². The van der Waals surface area contributed by atoms with E-state index in [0.29, 0.717) is 25.9 Å². The molecule has 0 spiro atoms. The highest BCUT2D eigenvalue weighted by Gasteiger charge is 2.48. The Morgan fingerprint density at radius 1 is 1.23 bits per heavy atom. The van der Waals surface area contributed by atoms with Crippen LogP contribution in [0.3, 0.4) is 0 Å². The number of likely N-dealkylation sites (tertiary alicyclic amines) is 1. The Morgan fingerprint density at radius 3 is 2.54 bits per heavy atom. The Hall–Kier alpha value is -1.61. The second-order valence-electron chi connectivity index (χ2n) is 7.93. The lowest BCUT2D eigenvalue weighted by molar-refractivity contribution is -0.141. The summed E-state index contributed by atoms with van der Waals surface area (Å²) in [4.78, 5) is 28.7. The number of rotatable bonds is 3. The van der Waals surface area contributed by atoms with Gasteiger partial charge in [0.2, 0.25) is 15.9 Å². The van der Waals surface area contributed by atoms with Gasteiger partial charge in [-0.05, 0) is 33.6 Å². The first kappa shape index (κ1) is 20.7. The molecule has 0 aromatic heterocycles. The van der Waals surface area contributed by atoms with Crippen LogP contribution in [0.4, 0.5) is 4.79 Å². The molecule has 26 heavy (non-hydrogen) atoms. The molecule has 2 aliphatic rings. The molecule has 2 rings (SSSR count). The largest absolute Gasteiger partial charge is 0.444 e. The molecule has 0 aromatic carbocycles. The predicted molar refractivity (Wildman–Crippen MR) is 98.0 cm³/mol. The van der Waals surface area contributed by atoms with Crippen LogP contribution >= 0.6 is 0 Å². The molecule has 0 radical (unpaired) electrons. The highest BCUT2D eigenvalue weighted by atomic mass is 32.2. The van der Waals surface area contributed by atoms with E-state index in [2.05, 4.69) is 11.3 Å². The van der Waals surface area contributed by atoms with Crippen LogP contribution in [0.2, 0.25) is 0 Å². The van der Waals surface area contributed by atoms with Crippen molar-refractivity contribution in [1.82, 2.24) is 14.5 Å². The number of hydrogen-bond acceptors (Lipinski definition) is 5. The van der Waals surface area contributed by atoms with Gasteiger partial charge in [-0.25, -0.2) is 17.9 Å². The van der Waals surface area contributed by atoms with Crippen molar-refractivity contribution in [2.24, 2.45) is 5.41 Å². The molecule has 2 heterocycles. The maximum Gasteiger partial charge on any atom is 0.410 e.